The van der Waals surface area contributed by atoms with E-state index in [0.29, 0.717) is 5.92 Å². The molecule has 0 aromatic carbocycles. The fraction of sp³-hybridized carbons (Fsp3) is 1.00. The first kappa shape index (κ1) is 12.9. The van der Waals surface area contributed by atoms with E-state index in [1.165, 1.54) is 0 Å². The number of likely N-dealkylation sites (N-methyl/N-ethyl adjacent to an activating group) is 1. The van der Waals surface area contributed by atoms with Gasteiger partial charge in [-0.25, -0.2) is 0 Å². The first-order chi connectivity index (χ1) is 7.15. The van der Waals surface area contributed by atoms with Crippen LogP contribution < -0.4 is 5.73 Å². The first-order valence-electron chi connectivity index (χ1n) is 5.69. The number of rotatable bonds is 5. The molecule has 0 spiro atoms. The zero-order chi connectivity index (χ0) is 11.3. The molecule has 4 nitrogen and oxygen atoms in total. The van der Waals surface area contributed by atoms with Crippen molar-refractivity contribution in [3.05, 3.63) is 0 Å². The highest BCUT2D eigenvalue weighted by atomic mass is 16.5. The highest BCUT2D eigenvalue weighted by Gasteiger charge is 2.27. The number of morpholine rings is 1. The van der Waals surface area contributed by atoms with Crippen LogP contribution in [0.5, 0.6) is 0 Å². The van der Waals surface area contributed by atoms with Crippen LogP contribution in [0.15, 0.2) is 0 Å². The molecular formula is C11H24N2O2. The van der Waals surface area contributed by atoms with Crippen molar-refractivity contribution >= 4 is 0 Å². The van der Waals surface area contributed by atoms with Gasteiger partial charge >= 0.3 is 0 Å². The van der Waals surface area contributed by atoms with Gasteiger partial charge in [-0.1, -0.05) is 6.92 Å². The molecule has 1 aliphatic heterocycles. The second-order valence-corrected chi connectivity index (χ2v) is 4.51. The molecule has 90 valence electrons. The molecule has 1 fully saturated rings. The van der Waals surface area contributed by atoms with E-state index in [1.807, 2.05) is 0 Å². The SMILES string of the molecule is COCCC(C)C(N)C1CN(C)CCO1. The van der Waals surface area contributed by atoms with Crippen molar-refractivity contribution in [1.82, 2.24) is 4.90 Å². The lowest BCUT2D eigenvalue weighted by atomic mass is 9.94. The normalized spacial score (nSPS) is 27.6. The van der Waals surface area contributed by atoms with Gasteiger partial charge in [0.05, 0.1) is 12.7 Å². The number of hydrogen-bond acceptors (Lipinski definition) is 4. The van der Waals surface area contributed by atoms with E-state index in [-0.39, 0.29) is 12.1 Å². The van der Waals surface area contributed by atoms with Crippen LogP contribution in [0.1, 0.15) is 13.3 Å². The fourth-order valence-corrected chi connectivity index (χ4v) is 1.91. The topological polar surface area (TPSA) is 47.7 Å². The van der Waals surface area contributed by atoms with Crippen molar-refractivity contribution in [3.8, 4) is 0 Å². The quantitative estimate of drug-likeness (QED) is 0.719. The van der Waals surface area contributed by atoms with E-state index in [2.05, 4.69) is 18.9 Å². The summed E-state index contributed by atoms with van der Waals surface area (Å²) >= 11 is 0. The lowest BCUT2D eigenvalue weighted by molar-refractivity contribution is -0.0421. The summed E-state index contributed by atoms with van der Waals surface area (Å²) in [5.74, 6) is 0.446. The Balaban J connectivity index is 2.33. The Morgan fingerprint density at radius 2 is 2.33 bits per heavy atom. The lowest BCUT2D eigenvalue weighted by Crippen LogP contribution is -2.51. The molecule has 4 heteroatoms. The standard InChI is InChI=1S/C11H24N2O2/c1-9(4-6-14-3)11(12)10-8-13(2)5-7-15-10/h9-11H,4-8,12H2,1-3H3. The molecule has 0 radical (unpaired) electrons. The van der Waals surface area contributed by atoms with Gasteiger partial charge < -0.3 is 20.1 Å². The van der Waals surface area contributed by atoms with Crippen molar-refractivity contribution in [2.45, 2.75) is 25.5 Å². The Labute approximate surface area is 92.7 Å². The summed E-state index contributed by atoms with van der Waals surface area (Å²) in [6, 6.07) is 0.114. The lowest BCUT2D eigenvalue weighted by Gasteiger charge is -2.35. The third-order valence-electron chi connectivity index (χ3n) is 3.16. The molecule has 0 aromatic rings. The molecule has 0 aromatic heterocycles. The highest BCUT2D eigenvalue weighted by Crippen LogP contribution is 2.15. The third-order valence-corrected chi connectivity index (χ3v) is 3.16. The third kappa shape index (κ3) is 4.07. The zero-order valence-corrected chi connectivity index (χ0v) is 10.1. The second kappa shape index (κ2) is 6.43. The molecule has 1 heterocycles. The minimum Gasteiger partial charge on any atom is -0.385 e. The monoisotopic (exact) mass is 216 g/mol. The van der Waals surface area contributed by atoms with Gasteiger partial charge in [0, 0.05) is 32.8 Å². The second-order valence-electron chi connectivity index (χ2n) is 4.51. The molecule has 1 aliphatic rings. The summed E-state index contributed by atoms with van der Waals surface area (Å²) < 4.78 is 10.8. The molecule has 3 unspecified atom stereocenters. The Hall–Kier alpha value is -0.160. The summed E-state index contributed by atoms with van der Waals surface area (Å²) in [7, 11) is 3.84. The van der Waals surface area contributed by atoms with Crippen molar-refractivity contribution in [3.63, 3.8) is 0 Å². The van der Waals surface area contributed by atoms with E-state index >= 15 is 0 Å². The number of ether oxygens (including phenoxy) is 2. The Bertz CT molecular complexity index is 178. The van der Waals surface area contributed by atoms with Crippen LogP contribution in [0, 0.1) is 5.92 Å². The molecule has 1 rings (SSSR count). The molecule has 0 amide bonds. The van der Waals surface area contributed by atoms with E-state index < -0.39 is 0 Å². The minimum absolute atomic E-state index is 0.114. The molecule has 1 saturated heterocycles. The Morgan fingerprint density at radius 3 is 2.93 bits per heavy atom. The van der Waals surface area contributed by atoms with Gasteiger partial charge in [0.15, 0.2) is 0 Å². The average molecular weight is 216 g/mol. The van der Waals surface area contributed by atoms with Gasteiger partial charge in [-0.2, -0.15) is 0 Å². The minimum atomic E-state index is 0.114. The van der Waals surface area contributed by atoms with Crippen LogP contribution in [0.4, 0.5) is 0 Å². The Kier molecular flexibility index (Phi) is 5.53. The number of methoxy groups -OCH3 is 1. The van der Waals surface area contributed by atoms with Crippen molar-refractivity contribution in [2.75, 3.05) is 40.5 Å². The van der Waals surface area contributed by atoms with Crippen LogP contribution in [-0.2, 0) is 9.47 Å². The van der Waals surface area contributed by atoms with Crippen molar-refractivity contribution in [2.24, 2.45) is 11.7 Å². The largest absolute Gasteiger partial charge is 0.385 e. The highest BCUT2D eigenvalue weighted by molar-refractivity contribution is 4.83. The van der Waals surface area contributed by atoms with E-state index in [4.69, 9.17) is 15.2 Å². The number of hydrogen-bond donors (Lipinski definition) is 1. The fourth-order valence-electron chi connectivity index (χ4n) is 1.91. The number of nitrogens with two attached hydrogens (primary N) is 1. The van der Waals surface area contributed by atoms with Gasteiger partial charge in [-0.05, 0) is 19.4 Å². The van der Waals surface area contributed by atoms with E-state index in [9.17, 15) is 0 Å². The van der Waals surface area contributed by atoms with Crippen LogP contribution in [0.3, 0.4) is 0 Å². The van der Waals surface area contributed by atoms with Gasteiger partial charge in [-0.15, -0.1) is 0 Å². The summed E-state index contributed by atoms with van der Waals surface area (Å²) in [5.41, 5.74) is 6.19. The summed E-state index contributed by atoms with van der Waals surface area (Å²) in [6.45, 7) is 5.69. The predicted molar refractivity (Wildman–Crippen MR) is 60.9 cm³/mol. The maximum atomic E-state index is 6.19. The maximum absolute atomic E-state index is 6.19. The summed E-state index contributed by atoms with van der Waals surface area (Å²) in [6.07, 6.45) is 1.18. The van der Waals surface area contributed by atoms with Crippen LogP contribution >= 0.6 is 0 Å². The molecule has 0 saturated carbocycles. The first-order valence-corrected chi connectivity index (χ1v) is 5.69. The van der Waals surface area contributed by atoms with Crippen LogP contribution in [-0.4, -0.2) is 57.5 Å². The van der Waals surface area contributed by atoms with Gasteiger partial charge in [0.2, 0.25) is 0 Å². The van der Waals surface area contributed by atoms with Crippen molar-refractivity contribution < 1.29 is 9.47 Å². The zero-order valence-electron chi connectivity index (χ0n) is 10.1. The molecule has 0 bridgehead atoms. The Morgan fingerprint density at radius 1 is 1.60 bits per heavy atom. The molecule has 15 heavy (non-hydrogen) atoms. The molecule has 2 N–H and O–H groups in total. The summed E-state index contributed by atoms with van der Waals surface area (Å²) in [4.78, 5) is 2.27. The van der Waals surface area contributed by atoms with E-state index in [1.54, 1.807) is 7.11 Å². The molecule has 3 atom stereocenters. The predicted octanol–water partition coefficient (Wildman–Crippen LogP) is 0.317. The maximum Gasteiger partial charge on any atom is 0.0855 e. The van der Waals surface area contributed by atoms with Crippen LogP contribution in [0.25, 0.3) is 0 Å². The smallest absolute Gasteiger partial charge is 0.0855 e. The van der Waals surface area contributed by atoms with Gasteiger partial charge in [0.25, 0.3) is 0 Å². The molecule has 0 aliphatic carbocycles. The van der Waals surface area contributed by atoms with Crippen LogP contribution in [0.2, 0.25) is 0 Å². The molecular weight excluding hydrogens is 192 g/mol. The van der Waals surface area contributed by atoms with Gasteiger partial charge in [0.1, 0.15) is 0 Å². The van der Waals surface area contributed by atoms with Gasteiger partial charge in [-0.3, -0.25) is 0 Å². The summed E-state index contributed by atoms with van der Waals surface area (Å²) in [5, 5.41) is 0. The van der Waals surface area contributed by atoms with Crippen molar-refractivity contribution in [1.29, 1.82) is 0 Å². The van der Waals surface area contributed by atoms with E-state index in [0.717, 1.165) is 32.7 Å². The average Bonchev–Trinajstić information content (AvgIpc) is 2.24. The number of nitrogens with zero attached hydrogens (tertiary/aromatic N) is 1.